The molecule has 1 N–H and O–H groups in total. The lowest BCUT2D eigenvalue weighted by molar-refractivity contribution is 0.402. The summed E-state index contributed by atoms with van der Waals surface area (Å²) < 4.78 is 1.92. The van der Waals surface area contributed by atoms with Gasteiger partial charge < -0.3 is 10.2 Å². The summed E-state index contributed by atoms with van der Waals surface area (Å²) in [5.41, 5.74) is 6.38. The van der Waals surface area contributed by atoms with Crippen molar-refractivity contribution in [1.29, 1.82) is 0 Å². The molecule has 0 radical (unpaired) electrons. The standard InChI is InChI=1S/C22H28N4/c1-17(22-13-14-24-26(22)4)23-15-20-7-5-6-8-21(20)19-11-9-18(10-12-19)16-25(2)3/h5-14,17,23H,15-16H2,1-4H3/t17-/m0/s1. The molecule has 1 atom stereocenters. The van der Waals surface area contributed by atoms with Gasteiger partial charge in [-0.25, -0.2) is 0 Å². The van der Waals surface area contributed by atoms with Crippen LogP contribution in [-0.4, -0.2) is 28.8 Å². The Labute approximate surface area is 156 Å². The minimum Gasteiger partial charge on any atom is -0.305 e. The number of aromatic nitrogens is 2. The predicted octanol–water partition coefficient (Wildman–Crippen LogP) is 4.00. The predicted molar refractivity (Wildman–Crippen MR) is 108 cm³/mol. The third-order valence-corrected chi connectivity index (χ3v) is 4.68. The molecule has 4 heteroatoms. The average molecular weight is 348 g/mol. The molecule has 0 aliphatic heterocycles. The maximum atomic E-state index is 4.26. The molecular formula is C22H28N4. The fraction of sp³-hybridized carbons (Fsp3) is 0.318. The Bertz CT molecular complexity index is 833. The van der Waals surface area contributed by atoms with Crippen molar-refractivity contribution in [3.8, 4) is 11.1 Å². The summed E-state index contributed by atoms with van der Waals surface area (Å²) in [6.45, 7) is 3.96. The fourth-order valence-corrected chi connectivity index (χ4v) is 3.29. The van der Waals surface area contributed by atoms with Crippen LogP contribution in [0, 0.1) is 0 Å². The van der Waals surface area contributed by atoms with Crippen LogP contribution >= 0.6 is 0 Å². The number of hydrogen-bond donors (Lipinski definition) is 1. The minimum absolute atomic E-state index is 0.248. The molecule has 0 amide bonds. The number of aryl methyl sites for hydroxylation is 1. The first kappa shape index (κ1) is 18.4. The largest absolute Gasteiger partial charge is 0.305 e. The summed E-state index contributed by atoms with van der Waals surface area (Å²) in [7, 11) is 6.17. The molecule has 0 aliphatic rings. The zero-order chi connectivity index (χ0) is 18.5. The molecule has 3 aromatic rings. The first-order valence-electron chi connectivity index (χ1n) is 9.08. The Balaban J connectivity index is 1.75. The molecule has 1 heterocycles. The van der Waals surface area contributed by atoms with Crippen LogP contribution in [0.5, 0.6) is 0 Å². The van der Waals surface area contributed by atoms with Crippen LogP contribution in [0.1, 0.15) is 29.8 Å². The third kappa shape index (κ3) is 4.40. The van der Waals surface area contributed by atoms with Crippen molar-refractivity contribution < 1.29 is 0 Å². The monoisotopic (exact) mass is 348 g/mol. The quantitative estimate of drug-likeness (QED) is 0.700. The van der Waals surface area contributed by atoms with Crippen molar-refractivity contribution in [3.63, 3.8) is 0 Å². The molecule has 0 saturated heterocycles. The highest BCUT2D eigenvalue weighted by atomic mass is 15.3. The molecule has 0 fully saturated rings. The van der Waals surface area contributed by atoms with Crippen LogP contribution in [-0.2, 0) is 20.1 Å². The highest BCUT2D eigenvalue weighted by Crippen LogP contribution is 2.25. The van der Waals surface area contributed by atoms with Gasteiger partial charge in [0, 0.05) is 32.4 Å². The molecule has 4 nitrogen and oxygen atoms in total. The third-order valence-electron chi connectivity index (χ3n) is 4.68. The topological polar surface area (TPSA) is 33.1 Å². The van der Waals surface area contributed by atoms with Crippen molar-refractivity contribution in [2.75, 3.05) is 14.1 Å². The lowest BCUT2D eigenvalue weighted by Gasteiger charge is -2.17. The van der Waals surface area contributed by atoms with Gasteiger partial charge in [-0.1, -0.05) is 48.5 Å². The summed E-state index contributed by atoms with van der Waals surface area (Å²) in [4.78, 5) is 2.19. The summed E-state index contributed by atoms with van der Waals surface area (Å²) in [6.07, 6.45) is 1.84. The van der Waals surface area contributed by atoms with Crippen LogP contribution in [0.4, 0.5) is 0 Å². The Hall–Kier alpha value is -2.43. The molecule has 3 rings (SSSR count). The number of benzene rings is 2. The van der Waals surface area contributed by atoms with Gasteiger partial charge in [-0.15, -0.1) is 0 Å². The molecule has 136 valence electrons. The van der Waals surface area contributed by atoms with E-state index in [0.717, 1.165) is 13.1 Å². The number of nitrogens with zero attached hydrogens (tertiary/aromatic N) is 3. The van der Waals surface area contributed by atoms with Crippen LogP contribution in [0.15, 0.2) is 60.8 Å². The molecular weight excluding hydrogens is 320 g/mol. The van der Waals surface area contributed by atoms with Gasteiger partial charge in [0.05, 0.1) is 5.69 Å². The summed E-state index contributed by atoms with van der Waals surface area (Å²) in [6, 6.07) is 19.8. The molecule has 0 aliphatic carbocycles. The second kappa shape index (κ2) is 8.30. The maximum Gasteiger partial charge on any atom is 0.0547 e. The van der Waals surface area contributed by atoms with Gasteiger partial charge in [0.25, 0.3) is 0 Å². The van der Waals surface area contributed by atoms with Crippen LogP contribution in [0.25, 0.3) is 11.1 Å². The lowest BCUT2D eigenvalue weighted by atomic mass is 9.98. The maximum absolute atomic E-state index is 4.26. The average Bonchev–Trinajstić information content (AvgIpc) is 3.06. The van der Waals surface area contributed by atoms with Crippen LogP contribution in [0.2, 0.25) is 0 Å². The van der Waals surface area contributed by atoms with Crippen LogP contribution in [0.3, 0.4) is 0 Å². The fourth-order valence-electron chi connectivity index (χ4n) is 3.29. The van der Waals surface area contributed by atoms with E-state index in [4.69, 9.17) is 0 Å². The van der Waals surface area contributed by atoms with E-state index in [-0.39, 0.29) is 6.04 Å². The molecule has 2 aromatic carbocycles. The number of rotatable bonds is 7. The first-order chi connectivity index (χ1) is 12.5. The Morgan fingerprint density at radius 1 is 1.04 bits per heavy atom. The van der Waals surface area contributed by atoms with Gasteiger partial charge >= 0.3 is 0 Å². The molecule has 1 aromatic heterocycles. The minimum atomic E-state index is 0.248. The highest BCUT2D eigenvalue weighted by molar-refractivity contribution is 5.67. The molecule has 0 spiro atoms. The molecule has 0 unspecified atom stereocenters. The van der Waals surface area contributed by atoms with E-state index < -0.39 is 0 Å². The van der Waals surface area contributed by atoms with Crippen molar-refractivity contribution in [3.05, 3.63) is 77.6 Å². The zero-order valence-corrected chi connectivity index (χ0v) is 16.1. The van der Waals surface area contributed by atoms with Crippen LogP contribution < -0.4 is 5.32 Å². The van der Waals surface area contributed by atoms with E-state index >= 15 is 0 Å². The van der Waals surface area contributed by atoms with E-state index in [1.54, 1.807) is 0 Å². The zero-order valence-electron chi connectivity index (χ0n) is 16.1. The van der Waals surface area contributed by atoms with Gasteiger partial charge in [0.15, 0.2) is 0 Å². The second-order valence-electron chi connectivity index (χ2n) is 7.07. The Kier molecular flexibility index (Phi) is 5.86. The van der Waals surface area contributed by atoms with E-state index in [1.807, 2.05) is 17.9 Å². The number of hydrogen-bond acceptors (Lipinski definition) is 3. The van der Waals surface area contributed by atoms with Gasteiger partial charge in [-0.3, -0.25) is 4.68 Å². The first-order valence-corrected chi connectivity index (χ1v) is 9.08. The van der Waals surface area contributed by atoms with Gasteiger partial charge in [0.1, 0.15) is 0 Å². The van der Waals surface area contributed by atoms with Crippen molar-refractivity contribution >= 4 is 0 Å². The van der Waals surface area contributed by atoms with Crippen molar-refractivity contribution in [1.82, 2.24) is 20.0 Å². The normalized spacial score (nSPS) is 12.5. The molecule has 0 saturated carbocycles. The van der Waals surface area contributed by atoms with E-state index in [1.165, 1.54) is 27.9 Å². The smallest absolute Gasteiger partial charge is 0.0547 e. The Morgan fingerprint density at radius 3 is 2.42 bits per heavy atom. The van der Waals surface area contributed by atoms with Gasteiger partial charge in [-0.05, 0) is 49.3 Å². The Morgan fingerprint density at radius 2 is 1.77 bits per heavy atom. The van der Waals surface area contributed by atoms with Gasteiger partial charge in [-0.2, -0.15) is 5.10 Å². The van der Waals surface area contributed by atoms with Crippen molar-refractivity contribution in [2.45, 2.75) is 26.1 Å². The molecule has 0 bridgehead atoms. The highest BCUT2D eigenvalue weighted by Gasteiger charge is 2.10. The van der Waals surface area contributed by atoms with E-state index in [9.17, 15) is 0 Å². The SMILES string of the molecule is C[C@H](NCc1ccccc1-c1ccc(CN(C)C)cc1)c1ccnn1C. The number of nitrogens with one attached hydrogen (secondary N) is 1. The summed E-state index contributed by atoms with van der Waals surface area (Å²) in [5.74, 6) is 0. The van der Waals surface area contributed by atoms with Gasteiger partial charge in [0.2, 0.25) is 0 Å². The van der Waals surface area contributed by atoms with E-state index in [2.05, 4.69) is 90.9 Å². The second-order valence-corrected chi connectivity index (χ2v) is 7.07. The molecule has 26 heavy (non-hydrogen) atoms. The summed E-state index contributed by atoms with van der Waals surface area (Å²) >= 11 is 0. The lowest BCUT2D eigenvalue weighted by Crippen LogP contribution is -2.20. The summed E-state index contributed by atoms with van der Waals surface area (Å²) in [5, 5.41) is 7.88. The van der Waals surface area contributed by atoms with E-state index in [0.29, 0.717) is 0 Å². The van der Waals surface area contributed by atoms with Crippen molar-refractivity contribution in [2.24, 2.45) is 7.05 Å².